The van der Waals surface area contributed by atoms with E-state index in [-0.39, 0.29) is 18.5 Å². The molecule has 0 fully saturated rings. The van der Waals surface area contributed by atoms with Crippen LogP contribution in [0.5, 0.6) is 0 Å². The number of nitrogens with one attached hydrogen (secondary N) is 1. The largest absolute Gasteiger partial charge is 0.450 e. The van der Waals surface area contributed by atoms with E-state index in [2.05, 4.69) is 11.4 Å². The Labute approximate surface area is 129 Å². The molecule has 1 N–H and O–H groups in total. The number of nitrogens with zero attached hydrogens (tertiary/aromatic N) is 1. The van der Waals surface area contributed by atoms with Gasteiger partial charge in [0.25, 0.3) is 0 Å². The molecule has 5 nitrogen and oxygen atoms in total. The molecular weight excluding hydrogens is 288 g/mol. The van der Waals surface area contributed by atoms with E-state index in [0.717, 1.165) is 17.7 Å². The Balaban J connectivity index is 1.93. The molecule has 0 saturated carbocycles. The molecule has 1 heterocycles. The predicted octanol–water partition coefficient (Wildman–Crippen LogP) is 2.43. The Morgan fingerprint density at radius 1 is 1.43 bits per heavy atom. The van der Waals surface area contributed by atoms with Crippen molar-refractivity contribution in [3.8, 4) is 0 Å². The zero-order valence-electron chi connectivity index (χ0n) is 12.3. The second-order valence-electron chi connectivity index (χ2n) is 4.85. The number of rotatable bonds is 4. The zero-order valence-corrected chi connectivity index (χ0v) is 13.1. The third-order valence-corrected chi connectivity index (χ3v) is 4.38. The first-order chi connectivity index (χ1) is 10.1. The van der Waals surface area contributed by atoms with Crippen LogP contribution in [0.3, 0.4) is 0 Å². The van der Waals surface area contributed by atoms with E-state index in [1.165, 1.54) is 9.80 Å². The number of benzene rings is 1. The Kier molecular flexibility index (Phi) is 5.50. The van der Waals surface area contributed by atoms with Gasteiger partial charge in [-0.2, -0.15) is 0 Å². The maximum absolute atomic E-state index is 12.1. The lowest BCUT2D eigenvalue weighted by Crippen LogP contribution is -2.40. The highest BCUT2D eigenvalue weighted by Gasteiger charge is 2.23. The molecule has 1 aromatic rings. The lowest BCUT2D eigenvalue weighted by molar-refractivity contribution is -0.122. The van der Waals surface area contributed by atoms with E-state index in [1.807, 2.05) is 30.0 Å². The molecule has 114 valence electrons. The van der Waals surface area contributed by atoms with Gasteiger partial charge in [0, 0.05) is 17.7 Å². The second-order valence-corrected chi connectivity index (χ2v) is 5.99. The van der Waals surface area contributed by atoms with Gasteiger partial charge < -0.3 is 15.0 Å². The fourth-order valence-electron chi connectivity index (χ4n) is 2.25. The summed E-state index contributed by atoms with van der Waals surface area (Å²) in [6.45, 7) is 2.05. The first-order valence-electron chi connectivity index (χ1n) is 7.00. The van der Waals surface area contributed by atoms with Crippen LogP contribution in [0.25, 0.3) is 0 Å². The molecule has 0 aromatic heterocycles. The van der Waals surface area contributed by atoms with Crippen LogP contribution in [0, 0.1) is 0 Å². The molecule has 6 heteroatoms. The predicted molar refractivity (Wildman–Crippen MR) is 82.3 cm³/mol. The van der Waals surface area contributed by atoms with E-state index in [4.69, 9.17) is 4.74 Å². The van der Waals surface area contributed by atoms with Crippen molar-refractivity contribution < 1.29 is 14.3 Å². The van der Waals surface area contributed by atoms with Crippen molar-refractivity contribution in [2.75, 3.05) is 26.0 Å². The summed E-state index contributed by atoms with van der Waals surface area (Å²) in [4.78, 5) is 26.1. The van der Waals surface area contributed by atoms with Crippen molar-refractivity contribution in [2.24, 2.45) is 0 Å². The molecule has 0 radical (unpaired) electrons. The van der Waals surface area contributed by atoms with Gasteiger partial charge in [-0.1, -0.05) is 18.2 Å². The van der Waals surface area contributed by atoms with Gasteiger partial charge in [0.1, 0.15) is 6.54 Å². The molecule has 1 aliphatic rings. The molecule has 0 saturated heterocycles. The number of hydrogen-bond acceptors (Lipinski definition) is 4. The average molecular weight is 308 g/mol. The fourth-order valence-corrected chi connectivity index (χ4v) is 3.37. The summed E-state index contributed by atoms with van der Waals surface area (Å²) in [5.74, 6) is 0.813. The van der Waals surface area contributed by atoms with Crippen LogP contribution >= 0.6 is 11.8 Å². The van der Waals surface area contributed by atoms with Gasteiger partial charge in [-0.3, -0.25) is 4.79 Å². The molecule has 1 atom stereocenters. The van der Waals surface area contributed by atoms with E-state index >= 15 is 0 Å². The monoisotopic (exact) mass is 308 g/mol. The van der Waals surface area contributed by atoms with E-state index < -0.39 is 6.09 Å². The Hall–Kier alpha value is -1.69. The van der Waals surface area contributed by atoms with Crippen LogP contribution < -0.4 is 5.32 Å². The minimum atomic E-state index is -0.479. The Bertz CT molecular complexity index is 521. The van der Waals surface area contributed by atoms with Crippen molar-refractivity contribution in [1.82, 2.24) is 10.2 Å². The topological polar surface area (TPSA) is 58.6 Å². The normalized spacial score (nSPS) is 16.8. The zero-order chi connectivity index (χ0) is 15.2. The van der Waals surface area contributed by atoms with Crippen LogP contribution in [0.15, 0.2) is 29.2 Å². The maximum Gasteiger partial charge on any atom is 0.409 e. The lowest BCUT2D eigenvalue weighted by atomic mass is 10.0. The Morgan fingerprint density at radius 3 is 2.95 bits per heavy atom. The molecule has 2 rings (SSSR count). The molecule has 2 amide bonds. The fraction of sp³-hybridized carbons (Fsp3) is 0.467. The number of carbonyl (C=O) groups excluding carboxylic acids is 2. The summed E-state index contributed by atoms with van der Waals surface area (Å²) in [6.07, 6.45) is 0.420. The van der Waals surface area contributed by atoms with Gasteiger partial charge in [-0.05, 0) is 25.0 Å². The van der Waals surface area contributed by atoms with E-state index in [1.54, 1.807) is 14.0 Å². The SMILES string of the molecule is CCOC(=O)N(C)CC(=O)N[C@@H]1CCSc2ccccc21. The number of thioether (sulfide) groups is 1. The van der Waals surface area contributed by atoms with Gasteiger partial charge in [-0.15, -0.1) is 11.8 Å². The van der Waals surface area contributed by atoms with Crippen LogP contribution in [0.4, 0.5) is 4.79 Å². The number of carbonyl (C=O) groups is 2. The number of fused-ring (bicyclic) bond motifs is 1. The Morgan fingerprint density at radius 2 is 2.19 bits per heavy atom. The van der Waals surface area contributed by atoms with Crippen LogP contribution in [-0.2, 0) is 9.53 Å². The third-order valence-electron chi connectivity index (χ3n) is 3.25. The molecular formula is C15H20N2O3S. The lowest BCUT2D eigenvalue weighted by Gasteiger charge is -2.26. The quantitative estimate of drug-likeness (QED) is 0.928. The summed E-state index contributed by atoms with van der Waals surface area (Å²) >= 11 is 1.81. The number of likely N-dealkylation sites (N-methyl/N-ethyl adjacent to an activating group) is 1. The molecule has 0 spiro atoms. The molecule has 1 aromatic carbocycles. The number of ether oxygens (including phenoxy) is 1. The highest BCUT2D eigenvalue weighted by atomic mass is 32.2. The second kappa shape index (κ2) is 7.36. The van der Waals surface area contributed by atoms with Gasteiger partial charge in [-0.25, -0.2) is 4.79 Å². The smallest absolute Gasteiger partial charge is 0.409 e. The highest BCUT2D eigenvalue weighted by molar-refractivity contribution is 7.99. The van der Waals surface area contributed by atoms with Crippen LogP contribution in [0.2, 0.25) is 0 Å². The number of hydrogen-bond donors (Lipinski definition) is 1. The summed E-state index contributed by atoms with van der Waals surface area (Å²) < 4.78 is 4.85. The van der Waals surface area contributed by atoms with Gasteiger partial charge >= 0.3 is 6.09 Å². The van der Waals surface area contributed by atoms with Crippen LogP contribution in [0.1, 0.15) is 24.9 Å². The van der Waals surface area contributed by atoms with Gasteiger partial charge in [0.15, 0.2) is 0 Å². The first-order valence-corrected chi connectivity index (χ1v) is 7.99. The molecule has 21 heavy (non-hydrogen) atoms. The standard InChI is InChI=1S/C15H20N2O3S/c1-3-20-15(19)17(2)10-14(18)16-12-8-9-21-13-7-5-4-6-11(12)13/h4-7,12H,3,8-10H2,1-2H3,(H,16,18)/t12-/m1/s1. The summed E-state index contributed by atoms with van der Waals surface area (Å²) in [6, 6.07) is 8.12. The molecule has 0 aliphatic carbocycles. The highest BCUT2D eigenvalue weighted by Crippen LogP contribution is 2.35. The van der Waals surface area contributed by atoms with Crippen LogP contribution in [-0.4, -0.2) is 42.9 Å². The van der Waals surface area contributed by atoms with Crippen molar-refractivity contribution >= 4 is 23.8 Å². The minimum absolute atomic E-state index is 0.00461. The van der Waals surface area contributed by atoms with E-state index in [0.29, 0.717) is 6.61 Å². The average Bonchev–Trinajstić information content (AvgIpc) is 2.47. The third kappa shape index (κ3) is 4.14. The van der Waals surface area contributed by atoms with Crippen molar-refractivity contribution in [3.63, 3.8) is 0 Å². The summed E-state index contributed by atoms with van der Waals surface area (Å²) in [7, 11) is 1.56. The molecule has 1 aliphatic heterocycles. The first kappa shape index (κ1) is 15.7. The number of amides is 2. The molecule has 0 unspecified atom stereocenters. The van der Waals surface area contributed by atoms with Crippen molar-refractivity contribution in [1.29, 1.82) is 0 Å². The maximum atomic E-state index is 12.1. The van der Waals surface area contributed by atoms with Crippen molar-refractivity contribution in [3.05, 3.63) is 29.8 Å². The molecule has 0 bridgehead atoms. The van der Waals surface area contributed by atoms with Gasteiger partial charge in [0.05, 0.1) is 12.6 Å². The van der Waals surface area contributed by atoms with Gasteiger partial charge in [0.2, 0.25) is 5.91 Å². The van der Waals surface area contributed by atoms with Crippen molar-refractivity contribution in [2.45, 2.75) is 24.3 Å². The van der Waals surface area contributed by atoms with E-state index in [9.17, 15) is 9.59 Å². The summed E-state index contributed by atoms with van der Waals surface area (Å²) in [5, 5.41) is 3.00. The summed E-state index contributed by atoms with van der Waals surface area (Å²) in [5.41, 5.74) is 1.15. The minimum Gasteiger partial charge on any atom is -0.450 e.